The monoisotopic (exact) mass is 752 g/mol. The molecule has 1 saturated heterocycles. The molecule has 0 spiro atoms. The number of fused-ring (bicyclic) bond motifs is 2. The number of hydrogen-bond acceptors (Lipinski definition) is 11. The first-order chi connectivity index (χ1) is 25.3. The van der Waals surface area contributed by atoms with E-state index in [4.69, 9.17) is 16.3 Å². The highest BCUT2D eigenvalue weighted by atomic mass is 35.5. The molecule has 0 saturated carbocycles. The molecular formula is C34H32ClF3N10O5. The Hall–Kier alpha value is -5.91. The second-order valence-electron chi connectivity index (χ2n) is 12.3. The molecule has 3 aromatic heterocycles. The topological polar surface area (TPSA) is 172 Å². The molecule has 3 N–H and O–H groups in total. The number of amides is 2. The smallest absolute Gasteiger partial charge is 0.416 e. The fraction of sp³-hybridized carbons (Fsp3) is 0.324. The van der Waals surface area contributed by atoms with E-state index in [0.29, 0.717) is 30.2 Å². The first kappa shape index (κ1) is 35.5. The van der Waals surface area contributed by atoms with Crippen molar-refractivity contribution in [1.29, 1.82) is 0 Å². The number of hydrogen-bond donors (Lipinski definition) is 3. The van der Waals surface area contributed by atoms with Gasteiger partial charge < -0.3 is 34.8 Å². The Kier molecular flexibility index (Phi) is 9.31. The number of ether oxygens (including phenoxy) is 1. The molecular weight excluding hydrogens is 721 g/mol. The van der Waals surface area contributed by atoms with Gasteiger partial charge in [0.25, 0.3) is 11.5 Å². The van der Waals surface area contributed by atoms with E-state index in [0.717, 1.165) is 28.4 Å². The Labute approximate surface area is 304 Å². The van der Waals surface area contributed by atoms with Crippen LogP contribution in [0.25, 0.3) is 17.2 Å². The summed E-state index contributed by atoms with van der Waals surface area (Å²) in [4.78, 5) is 57.0. The minimum atomic E-state index is -4.62. The Morgan fingerprint density at radius 3 is 2.58 bits per heavy atom. The Balaban J connectivity index is 1.26. The van der Waals surface area contributed by atoms with Crippen LogP contribution in [0.15, 0.2) is 47.5 Å². The van der Waals surface area contributed by atoms with Crippen molar-refractivity contribution in [3.05, 3.63) is 80.7 Å². The van der Waals surface area contributed by atoms with Crippen LogP contribution >= 0.6 is 11.6 Å². The van der Waals surface area contributed by atoms with Crippen LogP contribution in [0.3, 0.4) is 0 Å². The lowest BCUT2D eigenvalue weighted by Crippen LogP contribution is -2.51. The molecule has 0 radical (unpaired) electrons. The van der Waals surface area contributed by atoms with Crippen molar-refractivity contribution in [2.45, 2.75) is 33.0 Å². The number of aromatic hydroxyl groups is 1. The quantitative estimate of drug-likeness (QED) is 0.220. The molecule has 0 atom stereocenters. The molecule has 15 nitrogen and oxygen atoms in total. The van der Waals surface area contributed by atoms with Gasteiger partial charge in [-0.05, 0) is 49.7 Å². The summed E-state index contributed by atoms with van der Waals surface area (Å²) in [5.41, 5.74) is 0.665. The second kappa shape index (κ2) is 13.9. The van der Waals surface area contributed by atoms with Crippen molar-refractivity contribution in [1.82, 2.24) is 34.0 Å². The SMILES string of the molecule is CCc1c(N2CCN(C(=O)c3ncnc(C)c3O)CC2)c(=O)n2nc(-c3ccc4c(c3)OCCN4)nc2n1CC(=O)Nc1ccc(C(F)(F)F)cc1Cl. The third kappa shape index (κ3) is 6.76. The second-order valence-corrected chi connectivity index (χ2v) is 12.8. The molecule has 0 unspecified atom stereocenters. The van der Waals surface area contributed by atoms with E-state index in [1.165, 1.54) is 15.8 Å². The van der Waals surface area contributed by atoms with E-state index < -0.39 is 35.7 Å². The van der Waals surface area contributed by atoms with Gasteiger partial charge in [0.2, 0.25) is 11.7 Å². The van der Waals surface area contributed by atoms with Gasteiger partial charge in [-0.3, -0.25) is 14.4 Å². The summed E-state index contributed by atoms with van der Waals surface area (Å²) >= 11 is 6.14. The van der Waals surface area contributed by atoms with Crippen molar-refractivity contribution in [3.63, 3.8) is 0 Å². The zero-order valence-corrected chi connectivity index (χ0v) is 29.1. The van der Waals surface area contributed by atoms with Gasteiger partial charge in [-0.25, -0.2) is 9.97 Å². The van der Waals surface area contributed by atoms with Gasteiger partial charge >= 0.3 is 6.18 Å². The average Bonchev–Trinajstić information content (AvgIpc) is 3.60. The molecule has 53 heavy (non-hydrogen) atoms. The predicted octanol–water partition coefficient (Wildman–Crippen LogP) is 4.00. The fourth-order valence-corrected chi connectivity index (χ4v) is 6.59. The van der Waals surface area contributed by atoms with Crippen molar-refractivity contribution in [2.75, 3.05) is 54.9 Å². The summed E-state index contributed by atoms with van der Waals surface area (Å²) in [5, 5.41) is 20.5. The summed E-state index contributed by atoms with van der Waals surface area (Å²) in [6.07, 6.45) is -3.16. The Morgan fingerprint density at radius 2 is 1.87 bits per heavy atom. The van der Waals surface area contributed by atoms with Crippen LogP contribution in [0.4, 0.5) is 30.2 Å². The van der Waals surface area contributed by atoms with Crippen LogP contribution in [0.2, 0.25) is 5.02 Å². The third-order valence-electron chi connectivity index (χ3n) is 9.04. The number of nitrogens with zero attached hydrogens (tertiary/aromatic N) is 8. The summed E-state index contributed by atoms with van der Waals surface area (Å²) in [6, 6.07) is 7.95. The molecule has 5 heterocycles. The Bertz CT molecular complexity index is 2320. The number of rotatable bonds is 7. The predicted molar refractivity (Wildman–Crippen MR) is 188 cm³/mol. The van der Waals surface area contributed by atoms with Crippen LogP contribution < -0.4 is 25.8 Å². The van der Waals surface area contributed by atoms with Gasteiger partial charge in [0.05, 0.1) is 33.3 Å². The lowest BCUT2D eigenvalue weighted by Gasteiger charge is -2.36. The number of alkyl halides is 3. The normalized spacial score (nSPS) is 14.5. The van der Waals surface area contributed by atoms with Gasteiger partial charge in [0, 0.05) is 38.3 Å². The zero-order chi connectivity index (χ0) is 37.6. The van der Waals surface area contributed by atoms with Crippen LogP contribution in [0.5, 0.6) is 11.5 Å². The van der Waals surface area contributed by atoms with E-state index in [1.807, 2.05) is 6.07 Å². The number of nitrogens with one attached hydrogen (secondary N) is 2. The molecule has 2 aliphatic rings. The van der Waals surface area contributed by atoms with Gasteiger partial charge in [-0.1, -0.05) is 18.5 Å². The summed E-state index contributed by atoms with van der Waals surface area (Å²) < 4.78 is 48.2. The largest absolute Gasteiger partial charge is 0.504 e. The molecule has 5 aromatic rings. The average molecular weight is 753 g/mol. The summed E-state index contributed by atoms with van der Waals surface area (Å²) in [7, 11) is 0. The first-order valence-electron chi connectivity index (χ1n) is 16.6. The van der Waals surface area contributed by atoms with Crippen LogP contribution in [0.1, 0.15) is 34.4 Å². The van der Waals surface area contributed by atoms with Crippen molar-refractivity contribution in [3.8, 4) is 22.9 Å². The highest BCUT2D eigenvalue weighted by Crippen LogP contribution is 2.35. The molecule has 2 aliphatic heterocycles. The minimum absolute atomic E-state index is 0.0319. The van der Waals surface area contributed by atoms with Gasteiger partial charge in [-0.15, -0.1) is 5.10 Å². The Morgan fingerprint density at radius 1 is 1.09 bits per heavy atom. The summed E-state index contributed by atoms with van der Waals surface area (Å²) in [5.74, 6) is -0.608. The van der Waals surface area contributed by atoms with E-state index in [1.54, 1.807) is 30.9 Å². The van der Waals surface area contributed by atoms with Crippen LogP contribution in [-0.2, 0) is 23.9 Å². The zero-order valence-electron chi connectivity index (χ0n) is 28.4. The lowest BCUT2D eigenvalue weighted by atomic mass is 10.1. The standard InChI is InChI=1S/C34H32ClF3N10O5/c1-3-24-28(45-9-11-46(12-10-45)31(51)27-29(50)18(2)40-17-41-27)32(52)48-33(43-30(44-48)19-4-6-23-25(14-19)53-13-8-39-23)47(24)16-26(49)42-22-7-5-20(15-21(22)35)34(36,37)38/h4-7,14-15,17,39,50H,3,8-13,16H2,1-2H3,(H,42,49). The summed E-state index contributed by atoms with van der Waals surface area (Å²) in [6.45, 7) is 4.86. The molecule has 2 aromatic carbocycles. The number of aryl methyl sites for hydroxylation is 1. The number of aromatic nitrogens is 6. The van der Waals surface area contributed by atoms with E-state index in [9.17, 15) is 32.7 Å². The maximum absolute atomic E-state index is 14.3. The fourth-order valence-electron chi connectivity index (χ4n) is 6.36. The number of piperazine rings is 1. The molecule has 2 amide bonds. The number of anilines is 3. The molecule has 19 heteroatoms. The number of carbonyl (C=O) groups is 2. The number of carbonyl (C=O) groups excluding carboxylic acids is 2. The van der Waals surface area contributed by atoms with E-state index >= 15 is 0 Å². The van der Waals surface area contributed by atoms with Gasteiger partial charge in [0.15, 0.2) is 17.3 Å². The molecule has 0 bridgehead atoms. The lowest BCUT2D eigenvalue weighted by molar-refractivity contribution is -0.137. The molecule has 7 rings (SSSR count). The van der Waals surface area contributed by atoms with Crippen molar-refractivity contribution in [2.24, 2.45) is 0 Å². The van der Waals surface area contributed by atoms with E-state index in [2.05, 4.69) is 30.7 Å². The molecule has 1 fully saturated rings. The highest BCUT2D eigenvalue weighted by molar-refractivity contribution is 6.33. The van der Waals surface area contributed by atoms with Crippen LogP contribution in [0, 0.1) is 6.92 Å². The van der Waals surface area contributed by atoms with Crippen molar-refractivity contribution >= 4 is 46.3 Å². The molecule has 0 aliphatic carbocycles. The molecule has 276 valence electrons. The first-order valence-corrected chi connectivity index (χ1v) is 17.0. The number of benzene rings is 2. The number of halogens is 4. The third-order valence-corrected chi connectivity index (χ3v) is 9.35. The maximum Gasteiger partial charge on any atom is 0.416 e. The minimum Gasteiger partial charge on any atom is -0.504 e. The maximum atomic E-state index is 14.3. The van der Waals surface area contributed by atoms with Crippen LogP contribution in [-0.4, -0.2) is 90.3 Å². The van der Waals surface area contributed by atoms with Gasteiger partial charge in [-0.2, -0.15) is 22.7 Å². The van der Waals surface area contributed by atoms with E-state index in [-0.39, 0.29) is 77.7 Å². The van der Waals surface area contributed by atoms with Crippen molar-refractivity contribution < 1.29 is 32.6 Å². The highest BCUT2D eigenvalue weighted by Gasteiger charge is 2.32. The van der Waals surface area contributed by atoms with Gasteiger partial charge in [0.1, 0.15) is 30.9 Å².